The quantitative estimate of drug-likeness (QED) is 0.772. The monoisotopic (exact) mass is 277 g/mol. The first-order chi connectivity index (χ1) is 10.2. The molecule has 2 aromatic heterocycles. The Morgan fingerprint density at radius 2 is 2.14 bits per heavy atom. The molecule has 0 bridgehead atoms. The molecule has 3 aromatic rings. The van der Waals surface area contributed by atoms with Crippen LogP contribution in [0.15, 0.2) is 42.6 Å². The predicted octanol–water partition coefficient (Wildman–Crippen LogP) is 1.65. The summed E-state index contributed by atoms with van der Waals surface area (Å²) in [6.45, 7) is 0. The summed E-state index contributed by atoms with van der Waals surface area (Å²) >= 11 is 0. The van der Waals surface area contributed by atoms with Crippen molar-refractivity contribution in [2.75, 3.05) is 7.05 Å². The molecule has 21 heavy (non-hydrogen) atoms. The molecule has 1 aromatic carbocycles. The van der Waals surface area contributed by atoms with Crippen LogP contribution in [0.4, 0.5) is 0 Å². The molecule has 0 fully saturated rings. The molecule has 6 nitrogen and oxygen atoms in total. The maximum atomic E-state index is 11.5. The number of nitrogens with one attached hydrogen (secondary N) is 1. The lowest BCUT2D eigenvalue weighted by atomic mass is 10.1. The van der Waals surface area contributed by atoms with E-state index in [1.165, 1.54) is 4.68 Å². The number of nitriles is 1. The Morgan fingerprint density at radius 1 is 1.33 bits per heavy atom. The number of fused-ring (bicyclic) bond motifs is 1. The maximum Gasteiger partial charge on any atom is 0.271 e. The molecule has 1 N–H and O–H groups in total. The Labute approximate surface area is 120 Å². The van der Waals surface area contributed by atoms with Gasteiger partial charge in [0, 0.05) is 24.7 Å². The van der Waals surface area contributed by atoms with Crippen molar-refractivity contribution in [2.45, 2.75) is 0 Å². The van der Waals surface area contributed by atoms with Crippen LogP contribution in [0, 0.1) is 11.3 Å². The molecule has 0 radical (unpaired) electrons. The fourth-order valence-electron chi connectivity index (χ4n) is 2.07. The van der Waals surface area contributed by atoms with Crippen LogP contribution < -0.4 is 5.32 Å². The van der Waals surface area contributed by atoms with Crippen LogP contribution >= 0.6 is 0 Å². The van der Waals surface area contributed by atoms with E-state index in [0.717, 1.165) is 5.39 Å². The zero-order valence-corrected chi connectivity index (χ0v) is 11.2. The van der Waals surface area contributed by atoms with Crippen LogP contribution in [0.25, 0.3) is 16.7 Å². The number of para-hydroxylation sites is 1. The van der Waals surface area contributed by atoms with Gasteiger partial charge < -0.3 is 5.32 Å². The van der Waals surface area contributed by atoms with Gasteiger partial charge in [-0.2, -0.15) is 10.4 Å². The van der Waals surface area contributed by atoms with Crippen LogP contribution in [-0.4, -0.2) is 27.7 Å². The summed E-state index contributed by atoms with van der Waals surface area (Å²) in [6.07, 6.45) is 1.64. The highest BCUT2D eigenvalue weighted by Crippen LogP contribution is 2.19. The summed E-state index contributed by atoms with van der Waals surface area (Å²) in [5.74, 6) is 0.232. The summed E-state index contributed by atoms with van der Waals surface area (Å²) < 4.78 is 1.48. The van der Waals surface area contributed by atoms with Gasteiger partial charge in [-0.1, -0.05) is 18.2 Å². The van der Waals surface area contributed by atoms with Crippen LogP contribution in [-0.2, 0) is 0 Å². The van der Waals surface area contributed by atoms with E-state index in [9.17, 15) is 10.1 Å². The van der Waals surface area contributed by atoms with Gasteiger partial charge in [-0.3, -0.25) is 4.79 Å². The highest BCUT2D eigenvalue weighted by molar-refractivity contribution is 5.92. The van der Waals surface area contributed by atoms with Crippen LogP contribution in [0.2, 0.25) is 0 Å². The number of hydrogen-bond acceptors (Lipinski definition) is 4. The molecule has 1 amide bonds. The Bertz CT molecular complexity index is 875. The first-order valence-electron chi connectivity index (χ1n) is 6.31. The van der Waals surface area contributed by atoms with E-state index in [4.69, 9.17) is 0 Å². The molecular weight excluding hydrogens is 266 g/mol. The van der Waals surface area contributed by atoms with Gasteiger partial charge in [-0.05, 0) is 12.1 Å². The SMILES string of the molecule is CNC(=O)c1ccn(-c2cc(C#N)c3ccccc3n2)n1. The zero-order chi connectivity index (χ0) is 14.8. The van der Waals surface area contributed by atoms with E-state index >= 15 is 0 Å². The Hall–Kier alpha value is -3.20. The molecule has 6 heteroatoms. The van der Waals surface area contributed by atoms with Crippen molar-refractivity contribution in [3.8, 4) is 11.9 Å². The lowest BCUT2D eigenvalue weighted by Crippen LogP contribution is -2.18. The molecule has 2 heterocycles. The van der Waals surface area contributed by atoms with Gasteiger partial charge in [0.25, 0.3) is 5.91 Å². The van der Waals surface area contributed by atoms with Crippen LogP contribution in [0.1, 0.15) is 16.1 Å². The van der Waals surface area contributed by atoms with Crippen LogP contribution in [0.3, 0.4) is 0 Å². The lowest BCUT2D eigenvalue weighted by molar-refractivity contribution is 0.0957. The van der Waals surface area contributed by atoms with E-state index in [1.54, 1.807) is 25.4 Å². The highest BCUT2D eigenvalue weighted by atomic mass is 16.1. The summed E-state index contributed by atoms with van der Waals surface area (Å²) in [5.41, 5.74) is 1.53. The minimum absolute atomic E-state index is 0.268. The molecule has 0 aliphatic rings. The topological polar surface area (TPSA) is 83.6 Å². The third-order valence-corrected chi connectivity index (χ3v) is 3.11. The predicted molar refractivity (Wildman–Crippen MR) is 77.0 cm³/mol. The van der Waals surface area contributed by atoms with Gasteiger partial charge in [0.05, 0.1) is 17.1 Å². The maximum absolute atomic E-state index is 11.5. The number of pyridine rings is 1. The number of carbonyl (C=O) groups excluding carboxylic acids is 1. The number of rotatable bonds is 2. The fraction of sp³-hybridized carbons (Fsp3) is 0.0667. The van der Waals surface area contributed by atoms with E-state index in [1.807, 2.05) is 24.3 Å². The first-order valence-corrected chi connectivity index (χ1v) is 6.31. The highest BCUT2D eigenvalue weighted by Gasteiger charge is 2.11. The smallest absolute Gasteiger partial charge is 0.271 e. The number of aromatic nitrogens is 3. The molecule has 0 unspecified atom stereocenters. The second-order valence-electron chi connectivity index (χ2n) is 4.38. The van der Waals surface area contributed by atoms with E-state index in [2.05, 4.69) is 21.5 Å². The van der Waals surface area contributed by atoms with Crippen molar-refractivity contribution in [1.82, 2.24) is 20.1 Å². The minimum atomic E-state index is -0.268. The minimum Gasteiger partial charge on any atom is -0.354 e. The Balaban J connectivity index is 2.15. The lowest BCUT2D eigenvalue weighted by Gasteiger charge is -2.04. The molecule has 102 valence electrons. The zero-order valence-electron chi connectivity index (χ0n) is 11.2. The van der Waals surface area contributed by atoms with Gasteiger partial charge >= 0.3 is 0 Å². The summed E-state index contributed by atoms with van der Waals surface area (Å²) in [6, 6.07) is 12.8. The standard InChI is InChI=1S/C15H11N5O/c1-17-15(21)13-6-7-20(19-13)14-8-10(9-16)11-4-2-3-5-12(11)18-14/h2-8H,1H3,(H,17,21). The van der Waals surface area contributed by atoms with Crippen molar-refractivity contribution < 1.29 is 4.79 Å². The molecule has 0 saturated heterocycles. The number of carbonyl (C=O) groups is 1. The molecule has 0 spiro atoms. The van der Waals surface area contributed by atoms with Gasteiger partial charge in [0.15, 0.2) is 11.5 Å². The third kappa shape index (κ3) is 2.21. The van der Waals surface area contributed by atoms with Crippen molar-refractivity contribution in [3.05, 3.63) is 53.9 Å². The second-order valence-corrected chi connectivity index (χ2v) is 4.38. The summed E-state index contributed by atoms with van der Waals surface area (Å²) in [7, 11) is 1.55. The number of nitrogens with zero attached hydrogens (tertiary/aromatic N) is 4. The summed E-state index contributed by atoms with van der Waals surface area (Å²) in [4.78, 5) is 16.0. The molecule has 0 aliphatic carbocycles. The van der Waals surface area contributed by atoms with Crippen molar-refractivity contribution in [1.29, 1.82) is 5.26 Å². The van der Waals surface area contributed by atoms with E-state index in [-0.39, 0.29) is 5.91 Å². The molecule has 0 atom stereocenters. The first kappa shape index (κ1) is 12.8. The number of amides is 1. The Morgan fingerprint density at radius 3 is 2.90 bits per heavy atom. The van der Waals surface area contributed by atoms with Crippen molar-refractivity contribution in [3.63, 3.8) is 0 Å². The molecule has 0 aliphatic heterocycles. The van der Waals surface area contributed by atoms with Crippen molar-refractivity contribution >= 4 is 16.8 Å². The van der Waals surface area contributed by atoms with Crippen molar-refractivity contribution in [2.24, 2.45) is 0 Å². The Kier molecular flexibility index (Phi) is 3.09. The molecule has 0 saturated carbocycles. The second kappa shape index (κ2) is 5.06. The van der Waals surface area contributed by atoms with Gasteiger partial charge in [-0.25, -0.2) is 9.67 Å². The average Bonchev–Trinajstić information content (AvgIpc) is 3.03. The van der Waals surface area contributed by atoms with Gasteiger partial charge in [0.1, 0.15) is 0 Å². The molecular formula is C15H11N5O. The fourth-order valence-corrected chi connectivity index (χ4v) is 2.07. The van der Waals surface area contributed by atoms with Gasteiger partial charge in [0.2, 0.25) is 0 Å². The van der Waals surface area contributed by atoms with Gasteiger partial charge in [-0.15, -0.1) is 0 Å². The summed E-state index contributed by atoms with van der Waals surface area (Å²) in [5, 5.41) is 16.7. The van der Waals surface area contributed by atoms with Crippen LogP contribution in [0.5, 0.6) is 0 Å². The van der Waals surface area contributed by atoms with E-state index < -0.39 is 0 Å². The normalized spacial score (nSPS) is 10.3. The molecule has 3 rings (SSSR count). The average molecular weight is 277 g/mol. The van der Waals surface area contributed by atoms with E-state index in [0.29, 0.717) is 22.6 Å². The number of benzene rings is 1. The number of hydrogen-bond donors (Lipinski definition) is 1. The third-order valence-electron chi connectivity index (χ3n) is 3.11. The largest absolute Gasteiger partial charge is 0.354 e.